The zero-order valence-corrected chi connectivity index (χ0v) is 11.6. The number of aromatic nitrogens is 2. The highest BCUT2D eigenvalue weighted by Gasteiger charge is 2.10. The lowest BCUT2D eigenvalue weighted by Crippen LogP contribution is -2.24. The van der Waals surface area contributed by atoms with Crippen molar-refractivity contribution in [2.24, 2.45) is 0 Å². The monoisotopic (exact) mass is 302 g/mol. The van der Waals surface area contributed by atoms with Gasteiger partial charge in [0.05, 0.1) is 6.54 Å². The summed E-state index contributed by atoms with van der Waals surface area (Å²) in [6.07, 6.45) is 4.66. The molecule has 5 nitrogen and oxygen atoms in total. The third-order valence-corrected chi connectivity index (χ3v) is 3.45. The van der Waals surface area contributed by atoms with Gasteiger partial charge in [0.15, 0.2) is 11.3 Å². The number of hydrogen-bond donors (Lipinski definition) is 1. The van der Waals surface area contributed by atoms with Crippen molar-refractivity contribution in [2.45, 2.75) is 6.54 Å². The summed E-state index contributed by atoms with van der Waals surface area (Å²) in [4.78, 5) is 23.9. The van der Waals surface area contributed by atoms with Gasteiger partial charge in [-0.15, -0.1) is 0 Å². The fourth-order valence-electron chi connectivity index (χ4n) is 2.19. The third-order valence-electron chi connectivity index (χ3n) is 3.22. The van der Waals surface area contributed by atoms with Crippen molar-refractivity contribution in [1.82, 2.24) is 8.97 Å². The lowest BCUT2D eigenvalue weighted by molar-refractivity contribution is 0.472. The van der Waals surface area contributed by atoms with Gasteiger partial charge in [0.1, 0.15) is 0 Å². The van der Waals surface area contributed by atoms with Gasteiger partial charge in [-0.25, -0.2) is 0 Å². The molecule has 1 aromatic carbocycles. The van der Waals surface area contributed by atoms with E-state index in [1.165, 1.54) is 21.2 Å². The number of halogens is 1. The average molecular weight is 303 g/mol. The lowest BCUT2D eigenvalue weighted by Gasteiger charge is -2.09. The average Bonchev–Trinajstić information content (AvgIpc) is 2.46. The number of benzene rings is 1. The smallest absolute Gasteiger partial charge is 0.279 e. The maximum atomic E-state index is 12.4. The van der Waals surface area contributed by atoms with Crippen LogP contribution in [0.2, 0.25) is 5.02 Å². The number of aromatic hydroxyl groups is 1. The Morgan fingerprint density at radius 2 is 1.90 bits per heavy atom. The fraction of sp³-hybridized carbons (Fsp3) is 0.0667. The molecule has 3 rings (SSSR count). The molecule has 1 N–H and O–H groups in total. The number of nitrogens with zero attached hydrogens (tertiary/aromatic N) is 2. The van der Waals surface area contributed by atoms with E-state index in [2.05, 4.69) is 0 Å². The molecule has 0 unspecified atom stereocenters. The highest BCUT2D eigenvalue weighted by Crippen LogP contribution is 2.12. The van der Waals surface area contributed by atoms with E-state index in [1.54, 1.807) is 30.6 Å². The minimum Gasteiger partial charge on any atom is -0.503 e. The number of rotatable bonds is 2. The minimum atomic E-state index is -0.576. The van der Waals surface area contributed by atoms with Crippen LogP contribution in [-0.4, -0.2) is 14.1 Å². The van der Waals surface area contributed by atoms with Crippen molar-refractivity contribution >= 4 is 17.1 Å². The zero-order chi connectivity index (χ0) is 15.0. The largest absolute Gasteiger partial charge is 0.503 e. The van der Waals surface area contributed by atoms with Gasteiger partial charge in [-0.1, -0.05) is 23.7 Å². The van der Waals surface area contributed by atoms with Crippen LogP contribution < -0.4 is 11.0 Å². The Morgan fingerprint density at radius 1 is 1.10 bits per heavy atom. The Labute approximate surface area is 124 Å². The first-order valence-corrected chi connectivity index (χ1v) is 6.62. The highest BCUT2D eigenvalue weighted by atomic mass is 35.5. The van der Waals surface area contributed by atoms with Crippen LogP contribution in [-0.2, 0) is 6.54 Å². The van der Waals surface area contributed by atoms with Crippen molar-refractivity contribution < 1.29 is 5.11 Å². The van der Waals surface area contributed by atoms with Crippen LogP contribution >= 0.6 is 11.6 Å². The van der Waals surface area contributed by atoms with E-state index >= 15 is 0 Å². The van der Waals surface area contributed by atoms with Gasteiger partial charge in [-0.2, -0.15) is 0 Å². The van der Waals surface area contributed by atoms with Crippen LogP contribution in [0.1, 0.15) is 5.56 Å². The summed E-state index contributed by atoms with van der Waals surface area (Å²) in [7, 11) is 0. The quantitative estimate of drug-likeness (QED) is 0.786. The first-order valence-electron chi connectivity index (χ1n) is 6.24. The fourth-order valence-corrected chi connectivity index (χ4v) is 2.40. The van der Waals surface area contributed by atoms with Crippen molar-refractivity contribution in [1.29, 1.82) is 0 Å². The summed E-state index contributed by atoms with van der Waals surface area (Å²) < 4.78 is 2.84. The van der Waals surface area contributed by atoms with Crippen LogP contribution in [0.15, 0.2) is 58.5 Å². The van der Waals surface area contributed by atoms with Gasteiger partial charge in [-0.05, 0) is 17.7 Å². The molecule has 0 aliphatic rings. The molecule has 6 heteroatoms. The Balaban J connectivity index is 2.16. The van der Waals surface area contributed by atoms with Crippen molar-refractivity contribution in [3.63, 3.8) is 0 Å². The molecule has 0 spiro atoms. The van der Waals surface area contributed by atoms with Gasteiger partial charge in [0.2, 0.25) is 5.43 Å². The molecule has 0 aliphatic heterocycles. The second-order valence-corrected chi connectivity index (χ2v) is 5.08. The van der Waals surface area contributed by atoms with Crippen molar-refractivity contribution in [3.05, 3.63) is 80.1 Å². The molecule has 0 amide bonds. The molecule has 3 aromatic rings. The SMILES string of the molecule is O=c1ccn2ccn(Cc3cccc(Cl)c3)c(=O)c2c1O. The topological polar surface area (TPSA) is 63.7 Å². The van der Waals surface area contributed by atoms with E-state index in [0.717, 1.165) is 5.56 Å². The second-order valence-electron chi connectivity index (χ2n) is 4.65. The molecular weight excluding hydrogens is 292 g/mol. The maximum absolute atomic E-state index is 12.4. The van der Waals surface area contributed by atoms with Gasteiger partial charge in [-0.3, -0.25) is 9.59 Å². The van der Waals surface area contributed by atoms with E-state index < -0.39 is 16.7 Å². The predicted octanol–water partition coefficient (Wildman–Crippen LogP) is 1.87. The lowest BCUT2D eigenvalue weighted by atomic mass is 10.2. The normalized spacial score (nSPS) is 10.9. The molecule has 0 saturated heterocycles. The van der Waals surface area contributed by atoms with E-state index in [-0.39, 0.29) is 5.52 Å². The summed E-state index contributed by atoms with van der Waals surface area (Å²) in [6, 6.07) is 8.36. The predicted molar refractivity (Wildman–Crippen MR) is 80.1 cm³/mol. The highest BCUT2D eigenvalue weighted by molar-refractivity contribution is 6.30. The molecule has 21 heavy (non-hydrogen) atoms. The van der Waals surface area contributed by atoms with Crippen LogP contribution in [0.3, 0.4) is 0 Å². The van der Waals surface area contributed by atoms with Crippen LogP contribution in [0, 0.1) is 0 Å². The number of fused-ring (bicyclic) bond motifs is 1. The van der Waals surface area contributed by atoms with Gasteiger partial charge in [0, 0.05) is 29.7 Å². The number of pyridine rings is 1. The molecule has 0 radical (unpaired) electrons. The van der Waals surface area contributed by atoms with Crippen LogP contribution in [0.25, 0.3) is 5.52 Å². The molecule has 0 aliphatic carbocycles. The molecule has 0 bridgehead atoms. The molecule has 0 fully saturated rings. The van der Waals surface area contributed by atoms with E-state index in [4.69, 9.17) is 11.6 Å². The van der Waals surface area contributed by atoms with E-state index in [0.29, 0.717) is 11.6 Å². The zero-order valence-electron chi connectivity index (χ0n) is 10.9. The summed E-state index contributed by atoms with van der Waals surface area (Å²) >= 11 is 5.92. The first-order chi connectivity index (χ1) is 10.1. The first kappa shape index (κ1) is 13.5. The van der Waals surface area contributed by atoms with E-state index in [1.807, 2.05) is 6.07 Å². The van der Waals surface area contributed by atoms with Crippen LogP contribution in [0.4, 0.5) is 0 Å². The summed E-state index contributed by atoms with van der Waals surface area (Å²) in [5.74, 6) is -0.539. The number of hydrogen-bond acceptors (Lipinski definition) is 3. The van der Waals surface area contributed by atoms with Gasteiger partial charge >= 0.3 is 0 Å². The molecule has 0 atom stereocenters. The Morgan fingerprint density at radius 3 is 2.67 bits per heavy atom. The Bertz CT molecular complexity index is 944. The molecule has 106 valence electrons. The Kier molecular flexibility index (Phi) is 3.27. The van der Waals surface area contributed by atoms with Gasteiger partial charge in [0.25, 0.3) is 5.56 Å². The summed E-state index contributed by atoms with van der Waals surface area (Å²) in [5, 5.41) is 10.4. The van der Waals surface area contributed by atoms with Crippen molar-refractivity contribution in [3.8, 4) is 5.75 Å². The molecule has 2 aromatic heterocycles. The molecular formula is C15H11ClN2O3. The van der Waals surface area contributed by atoms with Gasteiger partial charge < -0.3 is 14.1 Å². The van der Waals surface area contributed by atoms with Crippen molar-refractivity contribution in [2.75, 3.05) is 0 Å². The summed E-state index contributed by atoms with van der Waals surface area (Å²) in [6.45, 7) is 0.304. The van der Waals surface area contributed by atoms with Crippen LogP contribution in [0.5, 0.6) is 5.75 Å². The standard InChI is InChI=1S/C15H11ClN2O3/c16-11-3-1-2-10(8-11)9-18-7-6-17-5-4-12(19)14(20)13(17)15(18)21/h1-8,20H,9H2. The molecule has 2 heterocycles. The second kappa shape index (κ2) is 5.10. The maximum Gasteiger partial charge on any atom is 0.279 e. The summed E-state index contributed by atoms with van der Waals surface area (Å²) in [5.41, 5.74) is -0.195. The van der Waals surface area contributed by atoms with E-state index in [9.17, 15) is 14.7 Å². The molecule has 0 saturated carbocycles. The Hall–Kier alpha value is -2.53. The minimum absolute atomic E-state index is 0.0352. The third kappa shape index (κ3) is 2.43.